The molecule has 0 aliphatic carbocycles. The fourth-order valence-electron chi connectivity index (χ4n) is 3.07. The van der Waals surface area contributed by atoms with E-state index in [0.717, 1.165) is 29.8 Å². The molecule has 1 heterocycles. The molecule has 1 aliphatic rings. The van der Waals surface area contributed by atoms with Gasteiger partial charge in [-0.15, -0.1) is 13.2 Å². The predicted molar refractivity (Wildman–Crippen MR) is 113 cm³/mol. The highest BCUT2D eigenvalue weighted by Gasteiger charge is 2.32. The normalized spacial score (nSPS) is 15.1. The number of alkyl halides is 3. The Balaban J connectivity index is 1.45. The molecule has 12 heteroatoms. The van der Waals surface area contributed by atoms with E-state index in [9.17, 15) is 26.4 Å². The summed E-state index contributed by atoms with van der Waals surface area (Å²) in [5, 5.41) is 6.63. The Morgan fingerprint density at radius 1 is 1.03 bits per heavy atom. The molecule has 8 nitrogen and oxygen atoms in total. The van der Waals surface area contributed by atoms with Crippen LogP contribution >= 0.6 is 0 Å². The average molecular weight is 485 g/mol. The van der Waals surface area contributed by atoms with Crippen LogP contribution in [0.4, 0.5) is 13.2 Å². The number of sulfonamides is 1. The standard InChI is InChI=1S/C21H22F3N3O5S/c22-21(23,24)32-18-6-8-19(9-7-18)33(29,30)27-12-10-17(11-13-27)26-31-15-20(28)25-14-16-4-2-1-3-5-16/h1-9H,10-15H2,(H,25,28). The first-order valence-electron chi connectivity index (χ1n) is 9.98. The van der Waals surface area contributed by atoms with Crippen molar-refractivity contribution in [3.05, 3.63) is 60.2 Å². The molecule has 1 N–H and O–H groups in total. The second kappa shape index (κ2) is 10.7. The van der Waals surface area contributed by atoms with E-state index in [-0.39, 0.29) is 30.5 Å². The van der Waals surface area contributed by atoms with Crippen LogP contribution in [0, 0.1) is 0 Å². The van der Waals surface area contributed by atoms with Crippen molar-refractivity contribution in [1.82, 2.24) is 9.62 Å². The van der Waals surface area contributed by atoms with Gasteiger partial charge in [0.2, 0.25) is 10.0 Å². The number of ether oxygens (including phenoxy) is 1. The molecule has 0 bridgehead atoms. The number of nitrogens with zero attached hydrogens (tertiary/aromatic N) is 2. The van der Waals surface area contributed by atoms with Gasteiger partial charge in [-0.2, -0.15) is 4.31 Å². The maximum atomic E-state index is 12.7. The van der Waals surface area contributed by atoms with Crippen molar-refractivity contribution in [2.24, 2.45) is 5.16 Å². The third kappa shape index (κ3) is 7.46. The molecule has 0 spiro atoms. The summed E-state index contributed by atoms with van der Waals surface area (Å²) in [6.45, 7) is 0.373. The highest BCUT2D eigenvalue weighted by atomic mass is 32.2. The van der Waals surface area contributed by atoms with Gasteiger partial charge in [-0.1, -0.05) is 35.5 Å². The fourth-order valence-corrected chi connectivity index (χ4v) is 4.51. The second-order valence-corrected chi connectivity index (χ2v) is 9.05. The Hall–Kier alpha value is -3.12. The molecule has 33 heavy (non-hydrogen) atoms. The molecule has 1 saturated heterocycles. The monoisotopic (exact) mass is 485 g/mol. The zero-order valence-corrected chi connectivity index (χ0v) is 18.2. The summed E-state index contributed by atoms with van der Waals surface area (Å²) in [4.78, 5) is 16.8. The Morgan fingerprint density at radius 3 is 2.27 bits per heavy atom. The quantitative estimate of drug-likeness (QED) is 0.580. The SMILES string of the molecule is O=C(CON=C1CCN(S(=O)(=O)c2ccc(OC(F)(F)F)cc2)CC1)NCc1ccccc1. The van der Waals surface area contributed by atoms with Crippen LogP contribution in [0.3, 0.4) is 0 Å². The number of hydrogen-bond acceptors (Lipinski definition) is 6. The molecule has 0 atom stereocenters. The summed E-state index contributed by atoms with van der Waals surface area (Å²) >= 11 is 0. The van der Waals surface area contributed by atoms with Gasteiger partial charge in [-0.3, -0.25) is 4.79 Å². The Kier molecular flexibility index (Phi) is 7.92. The average Bonchev–Trinajstić information content (AvgIpc) is 2.78. The lowest BCUT2D eigenvalue weighted by molar-refractivity contribution is -0.274. The summed E-state index contributed by atoms with van der Waals surface area (Å²) in [7, 11) is -3.88. The highest BCUT2D eigenvalue weighted by molar-refractivity contribution is 7.89. The lowest BCUT2D eigenvalue weighted by Gasteiger charge is -2.26. The second-order valence-electron chi connectivity index (χ2n) is 7.12. The maximum absolute atomic E-state index is 12.7. The van der Waals surface area contributed by atoms with Crippen molar-refractivity contribution in [3.63, 3.8) is 0 Å². The summed E-state index contributed by atoms with van der Waals surface area (Å²) < 4.78 is 67.2. The summed E-state index contributed by atoms with van der Waals surface area (Å²) in [6, 6.07) is 13.4. The van der Waals surface area contributed by atoms with Crippen LogP contribution in [0.25, 0.3) is 0 Å². The van der Waals surface area contributed by atoms with Gasteiger partial charge in [0.05, 0.1) is 10.6 Å². The Morgan fingerprint density at radius 2 is 1.67 bits per heavy atom. The number of oxime groups is 1. The molecule has 0 unspecified atom stereocenters. The number of rotatable bonds is 8. The van der Waals surface area contributed by atoms with E-state index in [1.165, 1.54) is 4.31 Å². The number of piperidine rings is 1. The molecule has 0 saturated carbocycles. The number of carbonyl (C=O) groups excluding carboxylic acids is 1. The molecule has 1 aliphatic heterocycles. The van der Waals surface area contributed by atoms with E-state index < -0.39 is 22.1 Å². The van der Waals surface area contributed by atoms with Crippen LogP contribution in [-0.4, -0.2) is 50.4 Å². The molecule has 2 aromatic rings. The topological polar surface area (TPSA) is 97.3 Å². The fraction of sp³-hybridized carbons (Fsp3) is 0.333. The minimum atomic E-state index is -4.85. The third-order valence-corrected chi connectivity index (χ3v) is 6.63. The number of nitrogens with one attached hydrogen (secondary N) is 1. The van der Waals surface area contributed by atoms with Crippen molar-refractivity contribution in [2.75, 3.05) is 19.7 Å². The molecule has 1 fully saturated rings. The predicted octanol–water partition coefficient (Wildman–Crippen LogP) is 3.06. The van der Waals surface area contributed by atoms with Gasteiger partial charge in [0, 0.05) is 32.5 Å². The first kappa shape index (κ1) is 24.5. The Bertz CT molecular complexity index is 1060. The van der Waals surface area contributed by atoms with E-state index in [1.54, 1.807) is 0 Å². The summed E-state index contributed by atoms with van der Waals surface area (Å²) in [5.41, 5.74) is 1.57. The first-order valence-corrected chi connectivity index (χ1v) is 11.4. The van der Waals surface area contributed by atoms with Gasteiger partial charge in [0.25, 0.3) is 5.91 Å². The zero-order chi connectivity index (χ0) is 23.9. The lowest BCUT2D eigenvalue weighted by atomic mass is 10.1. The molecule has 178 valence electrons. The van der Waals surface area contributed by atoms with Gasteiger partial charge in [-0.05, 0) is 29.8 Å². The van der Waals surface area contributed by atoms with Crippen LogP contribution in [0.2, 0.25) is 0 Å². The van der Waals surface area contributed by atoms with Crippen molar-refractivity contribution in [1.29, 1.82) is 0 Å². The Labute approximate surface area is 189 Å². The van der Waals surface area contributed by atoms with Gasteiger partial charge in [-0.25, -0.2) is 8.42 Å². The van der Waals surface area contributed by atoms with Crippen LogP contribution in [0.5, 0.6) is 5.75 Å². The van der Waals surface area contributed by atoms with Gasteiger partial charge < -0.3 is 14.9 Å². The highest BCUT2D eigenvalue weighted by Crippen LogP contribution is 2.26. The third-order valence-electron chi connectivity index (χ3n) is 4.72. The molecule has 3 rings (SSSR count). The van der Waals surface area contributed by atoms with Crippen LogP contribution in [0.15, 0.2) is 64.6 Å². The lowest BCUT2D eigenvalue weighted by Crippen LogP contribution is -2.38. The molecular weight excluding hydrogens is 463 g/mol. The minimum Gasteiger partial charge on any atom is -0.406 e. The van der Waals surface area contributed by atoms with E-state index in [1.807, 2.05) is 30.3 Å². The van der Waals surface area contributed by atoms with Crippen molar-refractivity contribution in [2.45, 2.75) is 30.6 Å². The van der Waals surface area contributed by atoms with Crippen LogP contribution < -0.4 is 10.1 Å². The molecule has 2 aromatic carbocycles. The van der Waals surface area contributed by atoms with Crippen LogP contribution in [0.1, 0.15) is 18.4 Å². The molecule has 0 aromatic heterocycles. The van der Waals surface area contributed by atoms with E-state index >= 15 is 0 Å². The molecular formula is C21H22F3N3O5S. The molecule has 1 amide bonds. The van der Waals surface area contributed by atoms with Gasteiger partial charge in [0.15, 0.2) is 6.61 Å². The van der Waals surface area contributed by atoms with E-state index in [4.69, 9.17) is 4.84 Å². The number of hydrogen-bond donors (Lipinski definition) is 1. The number of benzene rings is 2. The number of carbonyl (C=O) groups is 1. The van der Waals surface area contributed by atoms with Gasteiger partial charge >= 0.3 is 6.36 Å². The zero-order valence-electron chi connectivity index (χ0n) is 17.4. The van der Waals surface area contributed by atoms with Crippen molar-refractivity contribution < 1.29 is 36.0 Å². The van der Waals surface area contributed by atoms with Crippen molar-refractivity contribution >= 4 is 21.6 Å². The summed E-state index contributed by atoms with van der Waals surface area (Å²) in [6.07, 6.45) is -4.24. The summed E-state index contributed by atoms with van der Waals surface area (Å²) in [5.74, 6) is -0.833. The number of amides is 1. The smallest absolute Gasteiger partial charge is 0.406 e. The molecule has 0 radical (unpaired) electrons. The number of halogens is 3. The maximum Gasteiger partial charge on any atom is 0.573 e. The van der Waals surface area contributed by atoms with E-state index in [2.05, 4.69) is 15.2 Å². The largest absolute Gasteiger partial charge is 0.573 e. The van der Waals surface area contributed by atoms with Gasteiger partial charge in [0.1, 0.15) is 5.75 Å². The minimum absolute atomic E-state index is 0.130. The van der Waals surface area contributed by atoms with Crippen LogP contribution in [-0.2, 0) is 26.2 Å². The van der Waals surface area contributed by atoms with Crippen molar-refractivity contribution in [3.8, 4) is 5.75 Å². The van der Waals surface area contributed by atoms with E-state index in [0.29, 0.717) is 25.1 Å². The first-order chi connectivity index (χ1) is 15.6.